The van der Waals surface area contributed by atoms with Crippen LogP contribution in [0.2, 0.25) is 0 Å². The van der Waals surface area contributed by atoms with E-state index in [9.17, 15) is 0 Å². The molecule has 5 heteroatoms. The minimum atomic E-state index is 0.267. The zero-order chi connectivity index (χ0) is 15.8. The van der Waals surface area contributed by atoms with Gasteiger partial charge in [0, 0.05) is 16.1 Å². The highest BCUT2D eigenvalue weighted by Crippen LogP contribution is 2.37. The predicted octanol–water partition coefficient (Wildman–Crippen LogP) is 4.10. The first-order valence-corrected chi connectivity index (χ1v) is 8.99. The summed E-state index contributed by atoms with van der Waals surface area (Å²) in [4.78, 5) is 12.2. The summed E-state index contributed by atoms with van der Waals surface area (Å²) in [7, 11) is 4.33. The Morgan fingerprint density at radius 1 is 1.09 bits per heavy atom. The summed E-state index contributed by atoms with van der Waals surface area (Å²) < 4.78 is 7.54. The molecular weight excluding hydrogens is 306 g/mol. The Labute approximate surface area is 140 Å². The molecular formula is C18H21N3OS. The van der Waals surface area contributed by atoms with Crippen LogP contribution in [0.15, 0.2) is 30.6 Å². The van der Waals surface area contributed by atoms with Crippen LogP contribution in [0.4, 0.5) is 0 Å². The predicted molar refractivity (Wildman–Crippen MR) is 95.3 cm³/mol. The van der Waals surface area contributed by atoms with Gasteiger partial charge < -0.3 is 9.64 Å². The third kappa shape index (κ3) is 2.79. The monoisotopic (exact) mass is 327 g/mol. The largest absolute Gasteiger partial charge is 0.474 e. The molecule has 23 heavy (non-hydrogen) atoms. The van der Waals surface area contributed by atoms with Gasteiger partial charge in [0.05, 0.1) is 5.39 Å². The van der Waals surface area contributed by atoms with Crippen molar-refractivity contribution >= 4 is 31.6 Å². The van der Waals surface area contributed by atoms with E-state index in [1.54, 1.807) is 17.7 Å². The van der Waals surface area contributed by atoms with E-state index in [2.05, 4.69) is 53.2 Å². The number of thiophene rings is 1. The molecule has 4 nitrogen and oxygen atoms in total. The number of nitrogens with zero attached hydrogens (tertiary/aromatic N) is 3. The van der Waals surface area contributed by atoms with Crippen molar-refractivity contribution in [1.82, 2.24) is 14.9 Å². The molecule has 1 fully saturated rings. The Kier molecular flexibility index (Phi) is 3.91. The maximum atomic E-state index is 6.30. The molecule has 1 aliphatic carbocycles. The van der Waals surface area contributed by atoms with Gasteiger partial charge in [0.2, 0.25) is 5.88 Å². The lowest BCUT2D eigenvalue weighted by molar-refractivity contribution is 0.108. The first-order valence-electron chi connectivity index (χ1n) is 8.17. The van der Waals surface area contributed by atoms with E-state index in [-0.39, 0.29) is 6.10 Å². The van der Waals surface area contributed by atoms with Gasteiger partial charge >= 0.3 is 0 Å². The molecule has 0 saturated heterocycles. The van der Waals surface area contributed by atoms with Gasteiger partial charge in [0.1, 0.15) is 17.3 Å². The molecule has 3 aromatic rings. The quantitative estimate of drug-likeness (QED) is 0.726. The number of rotatable bonds is 3. The van der Waals surface area contributed by atoms with Crippen molar-refractivity contribution in [3.8, 4) is 5.88 Å². The van der Waals surface area contributed by atoms with E-state index in [0.717, 1.165) is 28.9 Å². The molecule has 1 aliphatic rings. The minimum Gasteiger partial charge on any atom is -0.474 e. The van der Waals surface area contributed by atoms with E-state index >= 15 is 0 Å². The number of ether oxygens (including phenoxy) is 1. The Bertz CT molecular complexity index is 821. The normalized spacial score (nSPS) is 22.0. The molecule has 4 rings (SSSR count). The standard InChI is InChI=1S/C18H21N3OS/c1-21(2)12-7-9-13(10-8-12)22-17-16-14-5-3-4-6-15(14)23-18(16)20-11-19-17/h3-6,11-13H,7-10H2,1-2H3. The van der Waals surface area contributed by atoms with Crippen molar-refractivity contribution in [3.05, 3.63) is 30.6 Å². The van der Waals surface area contributed by atoms with Crippen molar-refractivity contribution in [2.75, 3.05) is 14.1 Å². The molecule has 0 N–H and O–H groups in total. The SMILES string of the molecule is CN(C)C1CCC(Oc2ncnc3sc4ccccc4c23)CC1. The summed E-state index contributed by atoms with van der Waals surface area (Å²) in [6.07, 6.45) is 6.46. The molecule has 0 unspecified atom stereocenters. The molecule has 0 spiro atoms. The van der Waals surface area contributed by atoms with Crippen LogP contribution in [-0.4, -0.2) is 41.1 Å². The number of benzene rings is 1. The lowest BCUT2D eigenvalue weighted by Gasteiger charge is -2.32. The topological polar surface area (TPSA) is 38.2 Å². The third-order valence-electron chi connectivity index (χ3n) is 4.79. The van der Waals surface area contributed by atoms with Crippen LogP contribution >= 0.6 is 11.3 Å². The van der Waals surface area contributed by atoms with Crippen LogP contribution in [0, 0.1) is 0 Å². The maximum Gasteiger partial charge on any atom is 0.226 e. The molecule has 1 aromatic carbocycles. The van der Waals surface area contributed by atoms with Crippen LogP contribution in [0.3, 0.4) is 0 Å². The van der Waals surface area contributed by atoms with Crippen molar-refractivity contribution in [3.63, 3.8) is 0 Å². The molecule has 2 heterocycles. The van der Waals surface area contributed by atoms with Crippen LogP contribution in [-0.2, 0) is 0 Å². The van der Waals surface area contributed by atoms with Gasteiger partial charge in [-0.1, -0.05) is 18.2 Å². The zero-order valence-electron chi connectivity index (χ0n) is 13.5. The second-order valence-corrected chi connectivity index (χ2v) is 7.50. The first kappa shape index (κ1) is 14.8. The van der Waals surface area contributed by atoms with Gasteiger partial charge in [-0.2, -0.15) is 0 Å². The summed E-state index contributed by atoms with van der Waals surface area (Å²) in [6.45, 7) is 0. The Morgan fingerprint density at radius 2 is 1.87 bits per heavy atom. The smallest absolute Gasteiger partial charge is 0.226 e. The van der Waals surface area contributed by atoms with Gasteiger partial charge in [-0.3, -0.25) is 0 Å². The van der Waals surface area contributed by atoms with E-state index in [0.29, 0.717) is 6.04 Å². The average molecular weight is 327 g/mol. The fourth-order valence-electron chi connectivity index (χ4n) is 3.46. The highest BCUT2D eigenvalue weighted by atomic mass is 32.1. The van der Waals surface area contributed by atoms with Gasteiger partial charge in [-0.15, -0.1) is 11.3 Å². The number of fused-ring (bicyclic) bond motifs is 3. The zero-order valence-corrected chi connectivity index (χ0v) is 14.3. The summed E-state index contributed by atoms with van der Waals surface area (Å²) in [5, 5.41) is 2.27. The molecule has 2 aromatic heterocycles. The van der Waals surface area contributed by atoms with E-state index in [1.807, 2.05) is 0 Å². The van der Waals surface area contributed by atoms with Crippen molar-refractivity contribution < 1.29 is 4.74 Å². The number of aromatic nitrogens is 2. The summed E-state index contributed by atoms with van der Waals surface area (Å²) in [6, 6.07) is 9.07. The molecule has 0 radical (unpaired) electrons. The van der Waals surface area contributed by atoms with E-state index < -0.39 is 0 Å². The Balaban J connectivity index is 1.62. The molecule has 120 valence electrons. The number of hydrogen-bond donors (Lipinski definition) is 0. The Hall–Kier alpha value is -1.72. The first-order chi connectivity index (χ1) is 11.2. The Morgan fingerprint density at radius 3 is 2.65 bits per heavy atom. The fourth-order valence-corrected chi connectivity index (χ4v) is 4.49. The van der Waals surface area contributed by atoms with Gasteiger partial charge in [-0.05, 0) is 45.8 Å². The lowest BCUT2D eigenvalue weighted by atomic mass is 9.92. The summed E-state index contributed by atoms with van der Waals surface area (Å²) in [5.74, 6) is 0.751. The fraction of sp³-hybridized carbons (Fsp3) is 0.444. The second-order valence-electron chi connectivity index (χ2n) is 6.47. The molecule has 0 aliphatic heterocycles. The lowest BCUT2D eigenvalue weighted by Crippen LogP contribution is -2.35. The molecule has 0 bridgehead atoms. The van der Waals surface area contributed by atoms with Crippen molar-refractivity contribution in [2.45, 2.75) is 37.8 Å². The van der Waals surface area contributed by atoms with Crippen LogP contribution in [0.5, 0.6) is 5.88 Å². The van der Waals surface area contributed by atoms with Crippen LogP contribution < -0.4 is 4.74 Å². The van der Waals surface area contributed by atoms with Gasteiger partial charge in [0.15, 0.2) is 0 Å². The van der Waals surface area contributed by atoms with Crippen LogP contribution in [0.1, 0.15) is 25.7 Å². The van der Waals surface area contributed by atoms with Crippen molar-refractivity contribution in [1.29, 1.82) is 0 Å². The van der Waals surface area contributed by atoms with E-state index in [1.165, 1.54) is 22.9 Å². The average Bonchev–Trinajstić information content (AvgIpc) is 2.95. The molecule has 0 amide bonds. The van der Waals surface area contributed by atoms with Crippen LogP contribution in [0.25, 0.3) is 20.3 Å². The minimum absolute atomic E-state index is 0.267. The second kappa shape index (κ2) is 6.06. The summed E-state index contributed by atoms with van der Waals surface area (Å²) in [5.41, 5.74) is 0. The molecule has 0 atom stereocenters. The van der Waals surface area contributed by atoms with E-state index in [4.69, 9.17) is 4.74 Å². The van der Waals surface area contributed by atoms with Gasteiger partial charge in [-0.25, -0.2) is 9.97 Å². The van der Waals surface area contributed by atoms with Crippen molar-refractivity contribution in [2.24, 2.45) is 0 Å². The maximum absolute atomic E-state index is 6.30. The highest BCUT2D eigenvalue weighted by Gasteiger charge is 2.25. The molecule has 1 saturated carbocycles. The highest BCUT2D eigenvalue weighted by molar-refractivity contribution is 7.25. The third-order valence-corrected chi connectivity index (χ3v) is 5.87. The summed E-state index contributed by atoms with van der Waals surface area (Å²) >= 11 is 1.70. The van der Waals surface area contributed by atoms with Gasteiger partial charge in [0.25, 0.3) is 0 Å². The number of hydrogen-bond acceptors (Lipinski definition) is 5.